The van der Waals surface area contributed by atoms with Crippen LogP contribution in [0.3, 0.4) is 0 Å². The zero-order chi connectivity index (χ0) is 9.68. The van der Waals surface area contributed by atoms with Crippen molar-refractivity contribution < 1.29 is 9.07 Å². The Kier molecular flexibility index (Phi) is 4.08. The fourth-order valence-corrected chi connectivity index (χ4v) is 1.43. The Morgan fingerprint density at radius 2 is 2.62 bits per heavy atom. The normalized spacial score (nSPS) is 12.2. The Balaban J connectivity index is 2.60. The molecule has 13 heavy (non-hydrogen) atoms. The van der Waals surface area contributed by atoms with Crippen molar-refractivity contribution in [2.24, 2.45) is 0 Å². The molecule has 1 aromatic rings. The Labute approximate surface area is 86.4 Å². The highest BCUT2D eigenvalue weighted by Crippen LogP contribution is 2.23. The second-order valence-electron chi connectivity index (χ2n) is 2.72. The fraction of sp³-hybridized carbons (Fsp3) is 0.375. The number of hydrogen-bond donors (Lipinski definition) is 1. The Morgan fingerprint density at radius 3 is 3.08 bits per heavy atom. The summed E-state index contributed by atoms with van der Waals surface area (Å²) in [4.78, 5) is 0. The molecule has 1 aromatic heterocycles. The summed E-state index contributed by atoms with van der Waals surface area (Å²) in [7, 11) is 0.500. The molecule has 1 rings (SSSR count). The van der Waals surface area contributed by atoms with E-state index >= 15 is 0 Å². The predicted molar refractivity (Wildman–Crippen MR) is 56.5 cm³/mol. The van der Waals surface area contributed by atoms with Crippen LogP contribution in [0.15, 0.2) is 21.2 Å². The summed E-state index contributed by atoms with van der Waals surface area (Å²) < 4.78 is 11.2. The molecular weight excluding hydrogens is 233 g/mol. The van der Waals surface area contributed by atoms with Crippen molar-refractivity contribution in [1.29, 1.82) is 5.41 Å². The van der Waals surface area contributed by atoms with E-state index < -0.39 is 0 Å². The van der Waals surface area contributed by atoms with Crippen LogP contribution >= 0.6 is 15.9 Å². The van der Waals surface area contributed by atoms with Gasteiger partial charge in [0.15, 0.2) is 0 Å². The highest BCUT2D eigenvalue weighted by Gasteiger charge is 2.16. The summed E-state index contributed by atoms with van der Waals surface area (Å²) in [5.41, 5.74) is 0. The van der Waals surface area contributed by atoms with E-state index in [1.54, 1.807) is 6.26 Å². The first-order chi connectivity index (χ1) is 6.27. The molecule has 0 aliphatic carbocycles. The fourth-order valence-electron chi connectivity index (χ4n) is 1.11. The first-order valence-corrected chi connectivity index (χ1v) is 4.91. The number of halogens is 1. The van der Waals surface area contributed by atoms with Gasteiger partial charge in [-0.3, -0.25) is 5.41 Å². The summed E-state index contributed by atoms with van der Waals surface area (Å²) in [6.07, 6.45) is 3.55. The lowest BCUT2D eigenvalue weighted by atomic mass is 9.76. The van der Waals surface area contributed by atoms with Gasteiger partial charge >= 0.3 is 7.48 Å². The van der Waals surface area contributed by atoms with E-state index in [9.17, 15) is 0 Å². The van der Waals surface area contributed by atoms with Gasteiger partial charge in [-0.05, 0) is 28.4 Å². The average Bonchev–Trinajstić information content (AvgIpc) is 2.54. The monoisotopic (exact) mass is 243 g/mol. The van der Waals surface area contributed by atoms with Crippen molar-refractivity contribution in [3.05, 3.63) is 22.6 Å². The maximum atomic E-state index is 6.75. The van der Waals surface area contributed by atoms with Gasteiger partial charge < -0.3 is 9.07 Å². The second-order valence-corrected chi connectivity index (χ2v) is 3.64. The second kappa shape index (κ2) is 5.12. The van der Waals surface area contributed by atoms with Gasteiger partial charge in [0.05, 0.1) is 4.47 Å². The first-order valence-electron chi connectivity index (χ1n) is 4.12. The zero-order valence-electron chi connectivity index (χ0n) is 7.42. The molecule has 1 heterocycles. The summed E-state index contributed by atoms with van der Waals surface area (Å²) in [5.74, 6) is 1.13. The largest absolute Gasteiger partial charge is 0.556 e. The first kappa shape index (κ1) is 10.4. The molecule has 5 heteroatoms. The van der Waals surface area contributed by atoms with Gasteiger partial charge in [0.25, 0.3) is 0 Å². The minimum atomic E-state index is 0.230. The average molecular weight is 244 g/mol. The van der Waals surface area contributed by atoms with Crippen molar-refractivity contribution in [2.75, 3.05) is 0 Å². The van der Waals surface area contributed by atoms with Gasteiger partial charge in [-0.15, -0.1) is 0 Å². The standard InChI is InChI=1S/C8H11BBrNO2/c1-2-7(9-13-5-11)8-3-6(10)4-12-8/h3-5,7,9,11H,2H2,1H3. The molecule has 70 valence electrons. The maximum absolute atomic E-state index is 6.75. The van der Waals surface area contributed by atoms with Crippen molar-refractivity contribution >= 4 is 29.8 Å². The van der Waals surface area contributed by atoms with Crippen LogP contribution in [-0.4, -0.2) is 13.9 Å². The van der Waals surface area contributed by atoms with E-state index in [0.717, 1.165) is 23.1 Å². The molecule has 1 unspecified atom stereocenters. The molecule has 3 nitrogen and oxygen atoms in total. The smallest absolute Gasteiger partial charge is 0.351 e. The minimum Gasteiger partial charge on any atom is -0.556 e. The van der Waals surface area contributed by atoms with E-state index in [-0.39, 0.29) is 5.82 Å². The third-order valence-corrected chi connectivity index (χ3v) is 2.28. The number of hydrogen-bond acceptors (Lipinski definition) is 3. The molecule has 0 bridgehead atoms. The highest BCUT2D eigenvalue weighted by atomic mass is 79.9. The molecule has 0 spiro atoms. The van der Waals surface area contributed by atoms with Gasteiger partial charge in [0.2, 0.25) is 0 Å². The highest BCUT2D eigenvalue weighted by molar-refractivity contribution is 9.10. The Hall–Kier alpha value is -0.705. The molecule has 0 aliphatic rings. The lowest BCUT2D eigenvalue weighted by molar-refractivity contribution is 0.480. The Bertz CT molecular complexity index is 277. The van der Waals surface area contributed by atoms with Crippen LogP contribution in [0.5, 0.6) is 0 Å². The zero-order valence-corrected chi connectivity index (χ0v) is 9.00. The number of rotatable bonds is 5. The van der Waals surface area contributed by atoms with E-state index in [4.69, 9.17) is 14.5 Å². The lowest BCUT2D eigenvalue weighted by Gasteiger charge is -2.07. The van der Waals surface area contributed by atoms with Crippen LogP contribution in [0.4, 0.5) is 0 Å². The van der Waals surface area contributed by atoms with Crippen molar-refractivity contribution in [3.63, 3.8) is 0 Å². The summed E-state index contributed by atoms with van der Waals surface area (Å²) in [5, 5.41) is 6.75. The van der Waals surface area contributed by atoms with Crippen LogP contribution in [0, 0.1) is 5.41 Å². The van der Waals surface area contributed by atoms with Crippen LogP contribution < -0.4 is 0 Å². The number of furan rings is 1. The summed E-state index contributed by atoms with van der Waals surface area (Å²) in [6, 6.07) is 1.93. The molecular formula is C8H11BBrNO2. The van der Waals surface area contributed by atoms with E-state index in [1.165, 1.54) is 0 Å². The number of nitrogens with one attached hydrogen (secondary N) is 1. The van der Waals surface area contributed by atoms with Crippen molar-refractivity contribution in [3.8, 4) is 0 Å². The van der Waals surface area contributed by atoms with Gasteiger partial charge in [-0.25, -0.2) is 0 Å². The van der Waals surface area contributed by atoms with Crippen LogP contribution in [0.1, 0.15) is 24.9 Å². The molecule has 0 radical (unpaired) electrons. The van der Waals surface area contributed by atoms with Crippen molar-refractivity contribution in [2.45, 2.75) is 19.2 Å². The maximum Gasteiger partial charge on any atom is 0.351 e. The van der Waals surface area contributed by atoms with Crippen LogP contribution in [0.25, 0.3) is 0 Å². The molecule has 0 saturated heterocycles. The SMILES string of the molecule is CCC(BOC=N)c1cc(Br)co1. The van der Waals surface area contributed by atoms with Crippen LogP contribution in [0.2, 0.25) is 0 Å². The molecule has 0 saturated carbocycles. The topological polar surface area (TPSA) is 46.2 Å². The van der Waals surface area contributed by atoms with Gasteiger partial charge in [0, 0.05) is 5.82 Å². The van der Waals surface area contributed by atoms with E-state index in [1.807, 2.05) is 6.07 Å². The molecule has 0 amide bonds. The van der Waals surface area contributed by atoms with Gasteiger partial charge in [-0.2, -0.15) is 0 Å². The summed E-state index contributed by atoms with van der Waals surface area (Å²) >= 11 is 3.32. The van der Waals surface area contributed by atoms with Gasteiger partial charge in [-0.1, -0.05) is 6.92 Å². The predicted octanol–water partition coefficient (Wildman–Crippen LogP) is 2.47. The minimum absolute atomic E-state index is 0.230. The van der Waals surface area contributed by atoms with E-state index in [2.05, 4.69) is 22.9 Å². The molecule has 1 atom stereocenters. The lowest BCUT2D eigenvalue weighted by Crippen LogP contribution is -2.09. The molecule has 0 aliphatic heterocycles. The van der Waals surface area contributed by atoms with Crippen molar-refractivity contribution in [1.82, 2.24) is 0 Å². The molecule has 1 N–H and O–H groups in total. The quantitative estimate of drug-likeness (QED) is 0.491. The van der Waals surface area contributed by atoms with Crippen LogP contribution in [-0.2, 0) is 4.65 Å². The van der Waals surface area contributed by atoms with E-state index in [0.29, 0.717) is 7.48 Å². The summed E-state index contributed by atoms with van der Waals surface area (Å²) in [6.45, 7) is 2.06. The van der Waals surface area contributed by atoms with Gasteiger partial charge in [0.1, 0.15) is 18.4 Å². The molecule has 0 fully saturated rings. The third-order valence-electron chi connectivity index (χ3n) is 1.86. The molecule has 0 aromatic carbocycles. The Morgan fingerprint density at radius 1 is 1.85 bits per heavy atom. The third kappa shape index (κ3) is 2.92.